The molecular weight excluding hydrogens is 419 g/mol. The molecule has 156 valence electrons. The van der Waals surface area contributed by atoms with Crippen LogP contribution in [0.5, 0.6) is 0 Å². The third-order valence-corrected chi connectivity index (χ3v) is 5.55. The van der Waals surface area contributed by atoms with Gasteiger partial charge in [-0.1, -0.05) is 17.7 Å². The van der Waals surface area contributed by atoms with Crippen molar-refractivity contribution in [1.82, 2.24) is 14.9 Å². The van der Waals surface area contributed by atoms with Gasteiger partial charge >= 0.3 is 0 Å². The third kappa shape index (κ3) is 3.84. The maximum Gasteiger partial charge on any atom is 0.254 e. The first-order valence-corrected chi connectivity index (χ1v) is 10.3. The van der Waals surface area contributed by atoms with Crippen LogP contribution in [0.1, 0.15) is 10.4 Å². The summed E-state index contributed by atoms with van der Waals surface area (Å²) in [5.41, 5.74) is 1.08. The second-order valence-electron chi connectivity index (χ2n) is 7.30. The molecule has 0 atom stereocenters. The number of aromatic nitrogens is 2. The van der Waals surface area contributed by atoms with Crippen molar-refractivity contribution in [3.8, 4) is 11.6 Å². The molecule has 1 saturated heterocycles. The number of hydrogen-bond donors (Lipinski definition) is 0. The second-order valence-corrected chi connectivity index (χ2v) is 7.74. The van der Waals surface area contributed by atoms with Gasteiger partial charge in [-0.2, -0.15) is 0 Å². The summed E-state index contributed by atoms with van der Waals surface area (Å²) >= 11 is 6.19. The van der Waals surface area contributed by atoms with Gasteiger partial charge in [-0.25, -0.2) is 14.4 Å². The molecule has 31 heavy (non-hydrogen) atoms. The molecule has 1 fully saturated rings. The molecule has 2 aromatic carbocycles. The standard InChI is InChI=1S/C23H18ClFN4O2/c24-16-6-7-18-19(14-16)26-21(20-5-2-12-31-20)27-22(18)28-8-10-29(11-9-28)23(30)15-3-1-4-17(25)13-15/h1-7,12-14H,8-11H2. The second kappa shape index (κ2) is 8.00. The Morgan fingerprint density at radius 2 is 1.84 bits per heavy atom. The Hall–Kier alpha value is -3.45. The molecule has 0 bridgehead atoms. The lowest BCUT2D eigenvalue weighted by molar-refractivity contribution is 0.0746. The van der Waals surface area contributed by atoms with Gasteiger partial charge in [-0.05, 0) is 48.5 Å². The fourth-order valence-electron chi connectivity index (χ4n) is 3.77. The molecular formula is C23H18ClFN4O2. The molecule has 0 N–H and O–H groups in total. The van der Waals surface area contributed by atoms with E-state index in [1.165, 1.54) is 12.1 Å². The molecule has 1 amide bonds. The van der Waals surface area contributed by atoms with Crippen molar-refractivity contribution in [3.63, 3.8) is 0 Å². The van der Waals surface area contributed by atoms with E-state index in [0.29, 0.717) is 48.3 Å². The number of hydrogen-bond acceptors (Lipinski definition) is 5. The number of fused-ring (bicyclic) bond motifs is 1. The van der Waals surface area contributed by atoms with Crippen LogP contribution in [-0.2, 0) is 0 Å². The predicted octanol–water partition coefficient (Wildman–Crippen LogP) is 4.64. The zero-order chi connectivity index (χ0) is 21.4. The van der Waals surface area contributed by atoms with Crippen molar-refractivity contribution in [2.75, 3.05) is 31.1 Å². The van der Waals surface area contributed by atoms with Crippen molar-refractivity contribution in [2.24, 2.45) is 0 Å². The van der Waals surface area contributed by atoms with Gasteiger partial charge in [0, 0.05) is 42.2 Å². The lowest BCUT2D eigenvalue weighted by Crippen LogP contribution is -2.49. The van der Waals surface area contributed by atoms with E-state index in [1.807, 2.05) is 18.2 Å². The van der Waals surface area contributed by atoms with Gasteiger partial charge in [0.15, 0.2) is 11.6 Å². The van der Waals surface area contributed by atoms with Crippen LogP contribution >= 0.6 is 11.6 Å². The smallest absolute Gasteiger partial charge is 0.254 e. The number of amides is 1. The van der Waals surface area contributed by atoms with Crippen LogP contribution < -0.4 is 4.90 Å². The van der Waals surface area contributed by atoms with Crippen molar-refractivity contribution in [1.29, 1.82) is 0 Å². The number of furan rings is 1. The Bertz CT molecular complexity index is 1250. The first kappa shape index (κ1) is 19.5. The lowest BCUT2D eigenvalue weighted by Gasteiger charge is -2.36. The topological polar surface area (TPSA) is 62.5 Å². The molecule has 2 aromatic heterocycles. The minimum absolute atomic E-state index is 0.172. The van der Waals surface area contributed by atoms with Crippen LogP contribution in [0.15, 0.2) is 65.3 Å². The Kier molecular flexibility index (Phi) is 5.03. The minimum Gasteiger partial charge on any atom is -0.461 e. The van der Waals surface area contributed by atoms with E-state index in [2.05, 4.69) is 9.88 Å². The van der Waals surface area contributed by atoms with Crippen molar-refractivity contribution >= 4 is 34.2 Å². The number of carbonyl (C=O) groups is 1. The molecule has 0 saturated carbocycles. The van der Waals surface area contributed by atoms with Crippen LogP contribution in [0, 0.1) is 5.82 Å². The van der Waals surface area contributed by atoms with E-state index in [4.69, 9.17) is 21.0 Å². The number of piperazine rings is 1. The molecule has 8 heteroatoms. The van der Waals surface area contributed by atoms with Gasteiger partial charge in [0.2, 0.25) is 0 Å². The molecule has 1 aliphatic heterocycles. The SMILES string of the molecule is O=C(c1cccc(F)c1)N1CCN(c2nc(-c3ccco3)nc3cc(Cl)ccc23)CC1. The van der Waals surface area contributed by atoms with Crippen LogP contribution in [-0.4, -0.2) is 47.0 Å². The third-order valence-electron chi connectivity index (χ3n) is 5.32. The number of anilines is 1. The van der Waals surface area contributed by atoms with Gasteiger partial charge in [-0.15, -0.1) is 0 Å². The summed E-state index contributed by atoms with van der Waals surface area (Å²) in [5.74, 6) is 1.23. The zero-order valence-electron chi connectivity index (χ0n) is 16.5. The van der Waals surface area contributed by atoms with E-state index < -0.39 is 5.82 Å². The molecule has 5 rings (SSSR count). The highest BCUT2D eigenvalue weighted by molar-refractivity contribution is 6.31. The summed E-state index contributed by atoms with van der Waals surface area (Å²) in [6.45, 7) is 2.19. The van der Waals surface area contributed by atoms with Crippen LogP contribution in [0.2, 0.25) is 5.02 Å². The Morgan fingerprint density at radius 1 is 1.00 bits per heavy atom. The van der Waals surface area contributed by atoms with Gasteiger partial charge < -0.3 is 14.2 Å². The summed E-state index contributed by atoms with van der Waals surface area (Å²) in [6, 6.07) is 14.9. The Balaban J connectivity index is 1.43. The highest BCUT2D eigenvalue weighted by Crippen LogP contribution is 2.30. The van der Waals surface area contributed by atoms with E-state index >= 15 is 0 Å². The van der Waals surface area contributed by atoms with Crippen molar-refractivity contribution in [2.45, 2.75) is 0 Å². The highest BCUT2D eigenvalue weighted by Gasteiger charge is 2.25. The molecule has 6 nitrogen and oxygen atoms in total. The molecule has 3 heterocycles. The number of nitrogens with zero attached hydrogens (tertiary/aromatic N) is 4. The Labute approximate surface area is 182 Å². The maximum atomic E-state index is 13.5. The van der Waals surface area contributed by atoms with Crippen molar-refractivity contribution < 1.29 is 13.6 Å². The molecule has 0 aliphatic carbocycles. The van der Waals surface area contributed by atoms with Crippen molar-refractivity contribution in [3.05, 3.63) is 77.3 Å². The Morgan fingerprint density at radius 3 is 2.58 bits per heavy atom. The normalized spacial score (nSPS) is 14.3. The number of carbonyl (C=O) groups excluding carboxylic acids is 1. The summed E-state index contributed by atoms with van der Waals surface area (Å²) in [5, 5.41) is 1.47. The molecule has 0 radical (unpaired) electrons. The van der Waals surface area contributed by atoms with Gasteiger partial charge in [0.05, 0.1) is 11.8 Å². The first-order chi connectivity index (χ1) is 15.1. The van der Waals surface area contributed by atoms with Gasteiger partial charge in [0.1, 0.15) is 11.6 Å². The quantitative estimate of drug-likeness (QED) is 0.468. The summed E-state index contributed by atoms with van der Waals surface area (Å²) in [6.07, 6.45) is 1.58. The largest absolute Gasteiger partial charge is 0.461 e. The van der Waals surface area contributed by atoms with E-state index in [1.54, 1.807) is 35.4 Å². The number of halogens is 2. The highest BCUT2D eigenvalue weighted by atomic mass is 35.5. The first-order valence-electron chi connectivity index (χ1n) is 9.89. The van der Waals surface area contributed by atoms with Gasteiger partial charge in [0.25, 0.3) is 5.91 Å². The fourth-order valence-corrected chi connectivity index (χ4v) is 3.93. The number of benzene rings is 2. The van der Waals surface area contributed by atoms with E-state index in [9.17, 15) is 9.18 Å². The van der Waals surface area contributed by atoms with Crippen LogP contribution in [0.3, 0.4) is 0 Å². The van der Waals surface area contributed by atoms with Crippen LogP contribution in [0.25, 0.3) is 22.5 Å². The minimum atomic E-state index is -0.416. The average molecular weight is 437 g/mol. The average Bonchev–Trinajstić information content (AvgIpc) is 3.33. The maximum absolute atomic E-state index is 13.5. The van der Waals surface area contributed by atoms with E-state index in [0.717, 1.165) is 16.7 Å². The molecule has 1 aliphatic rings. The monoisotopic (exact) mass is 436 g/mol. The van der Waals surface area contributed by atoms with Gasteiger partial charge in [-0.3, -0.25) is 4.79 Å². The number of rotatable bonds is 3. The summed E-state index contributed by atoms with van der Waals surface area (Å²) < 4.78 is 19.0. The van der Waals surface area contributed by atoms with E-state index in [-0.39, 0.29) is 5.91 Å². The predicted molar refractivity (Wildman–Crippen MR) is 117 cm³/mol. The molecule has 0 spiro atoms. The summed E-state index contributed by atoms with van der Waals surface area (Å²) in [7, 11) is 0. The molecule has 4 aromatic rings. The summed E-state index contributed by atoms with van der Waals surface area (Å²) in [4.78, 5) is 26.0. The fraction of sp³-hybridized carbons (Fsp3) is 0.174. The lowest BCUT2D eigenvalue weighted by atomic mass is 10.1. The van der Waals surface area contributed by atoms with Crippen LogP contribution in [0.4, 0.5) is 10.2 Å². The molecule has 0 unspecified atom stereocenters. The zero-order valence-corrected chi connectivity index (χ0v) is 17.2.